The second-order valence-corrected chi connectivity index (χ2v) is 8.39. The lowest BCUT2D eigenvalue weighted by molar-refractivity contribution is -0.384. The Balaban J connectivity index is 1.85. The van der Waals surface area contributed by atoms with E-state index < -0.39 is 4.92 Å². The van der Waals surface area contributed by atoms with Crippen LogP contribution in [-0.2, 0) is 4.79 Å². The van der Waals surface area contributed by atoms with Crippen molar-refractivity contribution >= 4 is 56.0 Å². The van der Waals surface area contributed by atoms with Gasteiger partial charge in [-0.15, -0.1) is 0 Å². The summed E-state index contributed by atoms with van der Waals surface area (Å²) in [5.41, 5.74) is 1.35. The number of amides is 1. The van der Waals surface area contributed by atoms with E-state index in [9.17, 15) is 14.9 Å². The summed E-state index contributed by atoms with van der Waals surface area (Å²) in [7, 11) is 3.96. The first kappa shape index (κ1) is 21.9. The van der Waals surface area contributed by atoms with Crippen LogP contribution >= 0.6 is 22.9 Å². The first-order valence-corrected chi connectivity index (χ1v) is 10.5. The minimum atomic E-state index is -0.459. The first-order valence-electron chi connectivity index (χ1n) is 9.28. The third kappa shape index (κ3) is 5.63. The van der Waals surface area contributed by atoms with Crippen LogP contribution in [0.25, 0.3) is 16.3 Å². The molecular formula is C21H21ClN4O3S. The molecular weight excluding hydrogens is 424 g/mol. The van der Waals surface area contributed by atoms with Gasteiger partial charge in [0.2, 0.25) is 0 Å². The van der Waals surface area contributed by atoms with Crippen LogP contribution < -0.4 is 4.90 Å². The van der Waals surface area contributed by atoms with Gasteiger partial charge in [-0.3, -0.25) is 19.8 Å². The van der Waals surface area contributed by atoms with Crippen molar-refractivity contribution in [3.05, 3.63) is 69.2 Å². The molecule has 3 rings (SSSR count). The monoisotopic (exact) mass is 444 g/mol. The fraction of sp³-hybridized carbons (Fsp3) is 0.238. The zero-order valence-corrected chi connectivity index (χ0v) is 18.2. The number of thiazole rings is 1. The Bertz CT molecular complexity index is 1100. The summed E-state index contributed by atoms with van der Waals surface area (Å²) in [6.07, 6.45) is 3.78. The van der Waals surface area contributed by atoms with Crippen LogP contribution in [0.15, 0.2) is 48.5 Å². The van der Waals surface area contributed by atoms with Gasteiger partial charge in [0.25, 0.3) is 11.6 Å². The van der Waals surface area contributed by atoms with Crippen molar-refractivity contribution in [1.82, 2.24) is 9.88 Å². The highest BCUT2D eigenvalue weighted by Gasteiger charge is 2.18. The maximum atomic E-state index is 13.0. The van der Waals surface area contributed by atoms with Gasteiger partial charge in [0, 0.05) is 29.8 Å². The smallest absolute Gasteiger partial charge is 0.270 e. The van der Waals surface area contributed by atoms with Crippen LogP contribution in [-0.4, -0.2) is 47.9 Å². The van der Waals surface area contributed by atoms with Crippen LogP contribution in [0.4, 0.5) is 10.8 Å². The Morgan fingerprint density at radius 2 is 2.03 bits per heavy atom. The average molecular weight is 445 g/mol. The molecule has 156 valence electrons. The van der Waals surface area contributed by atoms with Crippen LogP contribution in [0.2, 0.25) is 5.02 Å². The number of hydrogen-bond acceptors (Lipinski definition) is 6. The number of non-ortho nitro benzene ring substituents is 1. The van der Waals surface area contributed by atoms with Gasteiger partial charge in [0.1, 0.15) is 0 Å². The summed E-state index contributed by atoms with van der Waals surface area (Å²) in [5, 5.41) is 12.2. The topological polar surface area (TPSA) is 79.6 Å². The maximum absolute atomic E-state index is 13.0. The largest absolute Gasteiger partial charge is 0.309 e. The number of benzene rings is 2. The molecule has 0 spiro atoms. The Morgan fingerprint density at radius 1 is 1.23 bits per heavy atom. The lowest BCUT2D eigenvalue weighted by Crippen LogP contribution is -2.32. The zero-order valence-electron chi connectivity index (χ0n) is 16.6. The van der Waals surface area contributed by atoms with Gasteiger partial charge in [-0.2, -0.15) is 0 Å². The van der Waals surface area contributed by atoms with E-state index in [1.807, 2.05) is 26.2 Å². The molecule has 9 heteroatoms. The fourth-order valence-electron chi connectivity index (χ4n) is 2.85. The standard InChI is InChI=1S/C21H21ClN4O3S/c1-24(2)11-4-12-25(21-23-18-9-8-16(22)14-19(18)30-21)20(27)10-7-15-5-3-6-17(13-15)26(28)29/h3,5-10,13-14H,4,11-12H2,1-2H3/b10-7+. The molecule has 0 N–H and O–H groups in total. The van der Waals surface area contributed by atoms with Crippen LogP contribution in [0.3, 0.4) is 0 Å². The van der Waals surface area contributed by atoms with Crippen LogP contribution in [0.1, 0.15) is 12.0 Å². The van der Waals surface area contributed by atoms with Crippen molar-refractivity contribution in [2.45, 2.75) is 6.42 Å². The highest BCUT2D eigenvalue weighted by atomic mass is 35.5. The van der Waals surface area contributed by atoms with Gasteiger partial charge in [-0.25, -0.2) is 4.98 Å². The summed E-state index contributed by atoms with van der Waals surface area (Å²) in [4.78, 5) is 31.8. The van der Waals surface area contributed by atoms with Crippen molar-refractivity contribution in [1.29, 1.82) is 0 Å². The predicted molar refractivity (Wildman–Crippen MR) is 122 cm³/mol. The number of nitro groups is 1. The van der Waals surface area contributed by atoms with E-state index in [2.05, 4.69) is 9.88 Å². The van der Waals surface area contributed by atoms with Gasteiger partial charge in [0.05, 0.1) is 15.1 Å². The highest BCUT2D eigenvalue weighted by Crippen LogP contribution is 2.31. The van der Waals surface area contributed by atoms with Crippen LogP contribution in [0.5, 0.6) is 0 Å². The van der Waals surface area contributed by atoms with E-state index >= 15 is 0 Å². The van der Waals surface area contributed by atoms with E-state index in [4.69, 9.17) is 11.6 Å². The molecule has 0 radical (unpaired) electrons. The number of aromatic nitrogens is 1. The van der Waals surface area contributed by atoms with Gasteiger partial charge in [-0.1, -0.05) is 35.1 Å². The van der Waals surface area contributed by atoms with E-state index in [0.29, 0.717) is 22.3 Å². The molecule has 0 aliphatic rings. The number of nitrogens with zero attached hydrogens (tertiary/aromatic N) is 4. The molecule has 7 nitrogen and oxygen atoms in total. The zero-order chi connectivity index (χ0) is 21.7. The van der Waals surface area contributed by atoms with E-state index in [-0.39, 0.29) is 11.6 Å². The Hall–Kier alpha value is -2.81. The molecule has 0 fully saturated rings. The molecule has 1 heterocycles. The molecule has 0 aliphatic carbocycles. The molecule has 1 amide bonds. The SMILES string of the molecule is CN(C)CCCN(C(=O)/C=C/c1cccc([N+](=O)[O-])c1)c1nc2ccc(Cl)cc2s1. The minimum Gasteiger partial charge on any atom is -0.309 e. The van der Waals surface area contributed by atoms with Gasteiger partial charge < -0.3 is 4.90 Å². The van der Waals surface area contributed by atoms with Crippen molar-refractivity contribution in [3.63, 3.8) is 0 Å². The fourth-order valence-corrected chi connectivity index (χ4v) is 4.12. The third-order valence-corrected chi connectivity index (χ3v) is 5.60. The van der Waals surface area contributed by atoms with E-state index in [1.54, 1.807) is 29.2 Å². The summed E-state index contributed by atoms with van der Waals surface area (Å²) in [5.74, 6) is -0.231. The van der Waals surface area contributed by atoms with Crippen molar-refractivity contribution in [2.75, 3.05) is 32.1 Å². The molecule has 1 aromatic heterocycles. The molecule has 0 bridgehead atoms. The summed E-state index contributed by atoms with van der Waals surface area (Å²) >= 11 is 7.48. The second kappa shape index (κ2) is 9.80. The summed E-state index contributed by atoms with van der Waals surface area (Å²) in [6.45, 7) is 1.33. The minimum absolute atomic E-state index is 0.0181. The quantitative estimate of drug-likeness (QED) is 0.281. The first-order chi connectivity index (χ1) is 14.3. The van der Waals surface area contributed by atoms with E-state index in [1.165, 1.54) is 29.5 Å². The van der Waals surface area contributed by atoms with E-state index in [0.717, 1.165) is 23.2 Å². The molecule has 0 unspecified atom stereocenters. The van der Waals surface area contributed by atoms with Crippen molar-refractivity contribution in [3.8, 4) is 0 Å². The molecule has 0 saturated heterocycles. The summed E-state index contributed by atoms with van der Waals surface area (Å²) < 4.78 is 0.908. The Kier molecular flexibility index (Phi) is 7.15. The van der Waals surface area contributed by atoms with Crippen molar-refractivity contribution in [2.24, 2.45) is 0 Å². The molecule has 0 aliphatic heterocycles. The average Bonchev–Trinajstić information content (AvgIpc) is 3.12. The molecule has 0 atom stereocenters. The number of fused-ring (bicyclic) bond motifs is 1. The molecule has 0 saturated carbocycles. The van der Waals surface area contributed by atoms with Gasteiger partial charge in [-0.05, 0) is 56.9 Å². The Labute approximate surface area is 183 Å². The molecule has 3 aromatic rings. The highest BCUT2D eigenvalue weighted by molar-refractivity contribution is 7.22. The normalized spacial score (nSPS) is 11.5. The predicted octanol–water partition coefficient (Wildman–Crippen LogP) is 4.86. The lowest BCUT2D eigenvalue weighted by atomic mass is 10.2. The lowest BCUT2D eigenvalue weighted by Gasteiger charge is -2.19. The number of carbonyl (C=O) groups is 1. The molecule has 2 aromatic carbocycles. The van der Waals surface area contributed by atoms with Crippen LogP contribution in [0, 0.1) is 10.1 Å². The number of nitro benzene ring substituents is 1. The number of hydrogen-bond donors (Lipinski definition) is 0. The number of anilines is 1. The maximum Gasteiger partial charge on any atom is 0.270 e. The Morgan fingerprint density at radius 3 is 2.77 bits per heavy atom. The number of carbonyl (C=O) groups excluding carboxylic acids is 1. The van der Waals surface area contributed by atoms with Gasteiger partial charge in [0.15, 0.2) is 5.13 Å². The summed E-state index contributed by atoms with van der Waals surface area (Å²) in [6, 6.07) is 11.6. The number of rotatable bonds is 8. The third-order valence-electron chi connectivity index (χ3n) is 4.32. The van der Waals surface area contributed by atoms with Crippen molar-refractivity contribution < 1.29 is 9.72 Å². The van der Waals surface area contributed by atoms with Gasteiger partial charge >= 0.3 is 0 Å². The molecule has 30 heavy (non-hydrogen) atoms. The second-order valence-electron chi connectivity index (χ2n) is 6.94. The number of halogens is 1.